The Morgan fingerprint density at radius 1 is 0.947 bits per heavy atom. The van der Waals surface area contributed by atoms with Gasteiger partial charge in [0, 0.05) is 5.56 Å². The summed E-state index contributed by atoms with van der Waals surface area (Å²) in [5, 5.41) is 0. The van der Waals surface area contributed by atoms with Crippen molar-refractivity contribution in [1.29, 1.82) is 0 Å². The minimum atomic E-state index is -6.04. The Labute approximate surface area is 99.9 Å². The van der Waals surface area contributed by atoms with Crippen molar-refractivity contribution in [2.75, 3.05) is 5.43 Å². The molecule has 0 fully saturated rings. The summed E-state index contributed by atoms with van der Waals surface area (Å²) in [6, 6.07) is -0.295. The fourth-order valence-electron chi connectivity index (χ4n) is 1.09. The number of alkyl halides is 8. The normalized spacial score (nSPS) is 13.5. The van der Waals surface area contributed by atoms with Crippen LogP contribution < -0.4 is 11.3 Å². The van der Waals surface area contributed by atoms with E-state index in [9.17, 15) is 35.1 Å². The number of anilines is 1. The number of hydrogen-bond acceptors (Lipinski definition) is 3. The lowest BCUT2D eigenvalue weighted by atomic mass is 10.1. The van der Waals surface area contributed by atoms with Crippen LogP contribution in [-0.2, 0) is 12.1 Å². The number of hydrazine groups is 1. The molecule has 0 unspecified atom stereocenters. The van der Waals surface area contributed by atoms with Crippen LogP contribution in [0.15, 0.2) is 12.1 Å². The van der Waals surface area contributed by atoms with Crippen molar-refractivity contribution in [2.45, 2.75) is 18.3 Å². The Hall–Kier alpha value is -1.65. The quantitative estimate of drug-likeness (QED) is 0.501. The van der Waals surface area contributed by atoms with Gasteiger partial charge < -0.3 is 5.43 Å². The molecule has 3 nitrogen and oxygen atoms in total. The van der Waals surface area contributed by atoms with E-state index in [0.29, 0.717) is 0 Å². The molecule has 0 radical (unpaired) electrons. The van der Waals surface area contributed by atoms with Crippen molar-refractivity contribution < 1.29 is 35.1 Å². The van der Waals surface area contributed by atoms with E-state index in [-0.39, 0.29) is 12.1 Å². The molecule has 108 valence electrons. The molecule has 0 atom stereocenters. The topological polar surface area (TPSA) is 50.9 Å². The molecule has 0 aliphatic heterocycles. The summed E-state index contributed by atoms with van der Waals surface area (Å²) in [5.74, 6) is -1.74. The molecule has 0 spiro atoms. The lowest BCUT2D eigenvalue weighted by molar-refractivity contribution is -0.289. The molecular formula is C8H5F8N3. The van der Waals surface area contributed by atoms with E-state index < -0.39 is 35.4 Å². The van der Waals surface area contributed by atoms with Crippen molar-refractivity contribution in [3.05, 3.63) is 23.4 Å². The van der Waals surface area contributed by atoms with Crippen LogP contribution >= 0.6 is 0 Å². The van der Waals surface area contributed by atoms with Crippen LogP contribution in [-0.4, -0.2) is 11.2 Å². The Morgan fingerprint density at radius 2 is 1.47 bits per heavy atom. The Bertz CT molecular complexity index is 464. The first-order valence-corrected chi connectivity index (χ1v) is 4.40. The van der Waals surface area contributed by atoms with Gasteiger partial charge in [0.1, 0.15) is 11.5 Å². The van der Waals surface area contributed by atoms with Crippen molar-refractivity contribution in [3.8, 4) is 0 Å². The van der Waals surface area contributed by atoms with Crippen LogP contribution in [0.1, 0.15) is 11.3 Å². The molecule has 1 aromatic heterocycles. The van der Waals surface area contributed by atoms with E-state index in [1.807, 2.05) is 0 Å². The fourth-order valence-corrected chi connectivity index (χ4v) is 1.09. The van der Waals surface area contributed by atoms with Crippen LogP contribution in [0.5, 0.6) is 0 Å². The maximum Gasteiger partial charge on any atom is 0.458 e. The molecule has 0 amide bonds. The molecule has 0 aliphatic rings. The molecular weight excluding hydrogens is 290 g/mol. The Balaban J connectivity index is 3.45. The molecule has 0 aliphatic carbocycles. The average Bonchev–Trinajstić information content (AvgIpc) is 2.25. The highest BCUT2D eigenvalue weighted by atomic mass is 19.4. The van der Waals surface area contributed by atoms with Crippen molar-refractivity contribution in [1.82, 2.24) is 4.98 Å². The number of pyridine rings is 1. The Morgan fingerprint density at radius 3 is 1.84 bits per heavy atom. The second-order valence-corrected chi connectivity index (χ2v) is 3.34. The van der Waals surface area contributed by atoms with Crippen LogP contribution in [0, 0.1) is 0 Å². The highest BCUT2D eigenvalue weighted by Gasteiger charge is 2.59. The van der Waals surface area contributed by atoms with E-state index in [1.54, 1.807) is 0 Å². The van der Waals surface area contributed by atoms with Gasteiger partial charge in [-0.3, -0.25) is 0 Å². The monoisotopic (exact) mass is 295 g/mol. The number of rotatable bonds is 2. The van der Waals surface area contributed by atoms with Gasteiger partial charge in [0.2, 0.25) is 0 Å². The summed E-state index contributed by atoms with van der Waals surface area (Å²) in [4.78, 5) is 2.76. The van der Waals surface area contributed by atoms with Gasteiger partial charge in [0.05, 0.1) is 0 Å². The third-order valence-corrected chi connectivity index (χ3v) is 1.98. The largest absolute Gasteiger partial charge is 0.458 e. The lowest BCUT2D eigenvalue weighted by Crippen LogP contribution is -2.34. The average molecular weight is 295 g/mol. The van der Waals surface area contributed by atoms with E-state index in [2.05, 4.69) is 10.8 Å². The second-order valence-electron chi connectivity index (χ2n) is 3.34. The van der Waals surface area contributed by atoms with Gasteiger partial charge in [-0.1, -0.05) is 0 Å². The van der Waals surface area contributed by atoms with Gasteiger partial charge in [-0.15, -0.1) is 0 Å². The van der Waals surface area contributed by atoms with Gasteiger partial charge in [0.25, 0.3) is 0 Å². The van der Waals surface area contributed by atoms with E-state index >= 15 is 0 Å². The first kappa shape index (κ1) is 15.4. The van der Waals surface area contributed by atoms with Crippen LogP contribution in [0.25, 0.3) is 0 Å². The Kier molecular flexibility index (Phi) is 3.63. The molecule has 1 aromatic rings. The highest BCUT2D eigenvalue weighted by Crippen LogP contribution is 2.45. The highest BCUT2D eigenvalue weighted by molar-refractivity contribution is 5.41. The van der Waals surface area contributed by atoms with E-state index in [0.717, 1.165) is 0 Å². The number of nitrogens with two attached hydrogens (primary N) is 1. The molecule has 3 N–H and O–H groups in total. The van der Waals surface area contributed by atoms with Gasteiger partial charge in [-0.2, -0.15) is 35.1 Å². The number of halogens is 8. The fraction of sp³-hybridized carbons (Fsp3) is 0.375. The predicted molar refractivity (Wildman–Crippen MR) is 47.0 cm³/mol. The summed E-state index contributed by atoms with van der Waals surface area (Å²) < 4.78 is 99.1. The third kappa shape index (κ3) is 3.03. The SMILES string of the molecule is NNc1cc(C(F)(F)C(F)(F)F)cc(C(F)(F)F)n1. The van der Waals surface area contributed by atoms with Crippen LogP contribution in [0.3, 0.4) is 0 Å². The zero-order chi connectivity index (χ0) is 15.1. The number of nitrogens with one attached hydrogen (secondary N) is 1. The van der Waals surface area contributed by atoms with Gasteiger partial charge in [-0.25, -0.2) is 10.8 Å². The second kappa shape index (κ2) is 4.47. The van der Waals surface area contributed by atoms with Gasteiger partial charge in [-0.05, 0) is 12.1 Å². The molecule has 0 bridgehead atoms. The van der Waals surface area contributed by atoms with Gasteiger partial charge in [0.15, 0.2) is 0 Å². The van der Waals surface area contributed by atoms with E-state index in [1.165, 1.54) is 5.43 Å². The minimum Gasteiger partial charge on any atom is -0.308 e. The summed E-state index contributed by atoms with van der Waals surface area (Å²) in [6.45, 7) is 0. The number of hydrogen-bond donors (Lipinski definition) is 2. The smallest absolute Gasteiger partial charge is 0.308 e. The molecule has 11 heteroatoms. The summed E-state index contributed by atoms with van der Waals surface area (Å²) in [5.41, 5.74) is -2.33. The van der Waals surface area contributed by atoms with Crippen molar-refractivity contribution in [3.63, 3.8) is 0 Å². The zero-order valence-corrected chi connectivity index (χ0v) is 8.70. The molecule has 1 heterocycles. The first-order chi connectivity index (χ1) is 8.39. The summed E-state index contributed by atoms with van der Waals surface area (Å²) in [6.07, 6.45) is -11.2. The molecule has 19 heavy (non-hydrogen) atoms. The molecule has 0 saturated carbocycles. The first-order valence-electron chi connectivity index (χ1n) is 4.40. The maximum atomic E-state index is 13.0. The number of aromatic nitrogens is 1. The maximum absolute atomic E-state index is 13.0. The molecule has 1 rings (SSSR count). The van der Waals surface area contributed by atoms with Crippen LogP contribution in [0.2, 0.25) is 0 Å². The molecule has 0 saturated heterocycles. The summed E-state index contributed by atoms with van der Waals surface area (Å²) >= 11 is 0. The van der Waals surface area contributed by atoms with Gasteiger partial charge >= 0.3 is 18.3 Å². The zero-order valence-electron chi connectivity index (χ0n) is 8.70. The van der Waals surface area contributed by atoms with Crippen molar-refractivity contribution in [2.24, 2.45) is 5.84 Å². The molecule has 0 aromatic carbocycles. The third-order valence-electron chi connectivity index (χ3n) is 1.98. The number of nitrogen functional groups attached to an aromatic ring is 1. The lowest BCUT2D eigenvalue weighted by Gasteiger charge is -2.21. The standard InChI is InChI=1S/C8H5F8N3/c9-6(10,8(14,15)16)3-1-4(7(11,12)13)18-5(2-3)19-17/h1-2H,17H2,(H,18,19). The number of nitrogens with zero attached hydrogens (tertiary/aromatic N) is 1. The summed E-state index contributed by atoms with van der Waals surface area (Å²) in [7, 11) is 0. The minimum absolute atomic E-state index is 0.0860. The van der Waals surface area contributed by atoms with Crippen molar-refractivity contribution >= 4 is 5.82 Å². The van der Waals surface area contributed by atoms with Crippen LogP contribution in [0.4, 0.5) is 40.9 Å². The predicted octanol–water partition coefficient (Wildman–Crippen LogP) is 3.04. The van der Waals surface area contributed by atoms with E-state index in [4.69, 9.17) is 0 Å².